The van der Waals surface area contributed by atoms with Gasteiger partial charge in [0.1, 0.15) is 11.6 Å². The molecule has 0 saturated carbocycles. The lowest BCUT2D eigenvalue weighted by Crippen LogP contribution is -2.32. The number of hydrazone groups is 1. The summed E-state index contributed by atoms with van der Waals surface area (Å²) < 4.78 is 12.7. The van der Waals surface area contributed by atoms with Gasteiger partial charge in [0.25, 0.3) is 0 Å². The molecule has 24 heavy (non-hydrogen) atoms. The first kappa shape index (κ1) is 17.7. The summed E-state index contributed by atoms with van der Waals surface area (Å²) in [6.07, 6.45) is 1.08. The molecule has 9 heteroatoms. The van der Waals surface area contributed by atoms with Gasteiger partial charge in [-0.05, 0) is 36.4 Å². The molecule has 0 bridgehead atoms. The second kappa shape index (κ2) is 7.76. The number of aromatic hydroxyl groups is 1. The Morgan fingerprint density at radius 3 is 2.46 bits per heavy atom. The van der Waals surface area contributed by atoms with Crippen molar-refractivity contribution in [1.29, 1.82) is 0 Å². The highest BCUT2D eigenvalue weighted by Gasteiger charge is 2.13. The van der Waals surface area contributed by atoms with Gasteiger partial charge in [0.05, 0.1) is 11.2 Å². The SMILES string of the molecule is O=C(NN=Cc1cc(Cl)cc(Cl)c1O)C(=O)Nc1ccc(F)cc1. The van der Waals surface area contributed by atoms with Crippen LogP contribution in [0.4, 0.5) is 10.1 Å². The van der Waals surface area contributed by atoms with E-state index >= 15 is 0 Å². The Hall–Kier alpha value is -2.64. The van der Waals surface area contributed by atoms with Crippen LogP contribution in [0.5, 0.6) is 5.75 Å². The quantitative estimate of drug-likeness (QED) is 0.441. The number of hydrogen-bond acceptors (Lipinski definition) is 4. The van der Waals surface area contributed by atoms with Crippen molar-refractivity contribution in [2.75, 3.05) is 5.32 Å². The molecule has 124 valence electrons. The number of nitrogens with zero attached hydrogens (tertiary/aromatic N) is 1. The van der Waals surface area contributed by atoms with Gasteiger partial charge >= 0.3 is 11.8 Å². The number of halogens is 3. The van der Waals surface area contributed by atoms with Gasteiger partial charge in [0, 0.05) is 16.3 Å². The van der Waals surface area contributed by atoms with Gasteiger partial charge in [-0.15, -0.1) is 0 Å². The summed E-state index contributed by atoms with van der Waals surface area (Å²) in [5.74, 6) is -2.79. The molecule has 0 atom stereocenters. The van der Waals surface area contributed by atoms with Crippen LogP contribution in [-0.4, -0.2) is 23.1 Å². The summed E-state index contributed by atoms with van der Waals surface area (Å²) in [5, 5.41) is 15.8. The Morgan fingerprint density at radius 2 is 1.79 bits per heavy atom. The summed E-state index contributed by atoms with van der Waals surface area (Å²) in [5.41, 5.74) is 2.38. The van der Waals surface area contributed by atoms with Crippen LogP contribution in [0.2, 0.25) is 10.0 Å². The number of rotatable bonds is 3. The van der Waals surface area contributed by atoms with Crippen molar-refractivity contribution >= 4 is 46.9 Å². The molecular formula is C15H10Cl2FN3O3. The Bertz CT molecular complexity index is 810. The van der Waals surface area contributed by atoms with E-state index < -0.39 is 17.6 Å². The van der Waals surface area contributed by atoms with E-state index in [-0.39, 0.29) is 27.0 Å². The van der Waals surface area contributed by atoms with E-state index in [1.165, 1.54) is 24.3 Å². The Labute approximate surface area is 145 Å². The fourth-order valence-corrected chi connectivity index (χ4v) is 2.13. The number of anilines is 1. The largest absolute Gasteiger partial charge is 0.506 e. The Morgan fingerprint density at radius 1 is 1.12 bits per heavy atom. The van der Waals surface area contributed by atoms with E-state index in [2.05, 4.69) is 10.4 Å². The summed E-state index contributed by atoms with van der Waals surface area (Å²) in [6.45, 7) is 0. The molecule has 0 aromatic heterocycles. The molecule has 2 aromatic rings. The van der Waals surface area contributed by atoms with Gasteiger partial charge in [-0.2, -0.15) is 5.10 Å². The van der Waals surface area contributed by atoms with Crippen molar-refractivity contribution in [3.05, 3.63) is 57.8 Å². The van der Waals surface area contributed by atoms with Crippen molar-refractivity contribution in [1.82, 2.24) is 5.43 Å². The molecule has 0 saturated heterocycles. The van der Waals surface area contributed by atoms with E-state index in [4.69, 9.17) is 23.2 Å². The maximum Gasteiger partial charge on any atom is 0.329 e. The van der Waals surface area contributed by atoms with Crippen LogP contribution in [0.25, 0.3) is 0 Å². The highest BCUT2D eigenvalue weighted by molar-refractivity contribution is 6.39. The summed E-state index contributed by atoms with van der Waals surface area (Å²) in [7, 11) is 0. The monoisotopic (exact) mass is 369 g/mol. The van der Waals surface area contributed by atoms with Gasteiger partial charge in [-0.25, -0.2) is 9.82 Å². The highest BCUT2D eigenvalue weighted by atomic mass is 35.5. The molecule has 2 aromatic carbocycles. The first-order valence-electron chi connectivity index (χ1n) is 6.45. The van der Waals surface area contributed by atoms with Crippen LogP contribution in [-0.2, 0) is 9.59 Å². The van der Waals surface area contributed by atoms with E-state index in [9.17, 15) is 19.1 Å². The minimum atomic E-state index is -1.05. The topological polar surface area (TPSA) is 90.8 Å². The van der Waals surface area contributed by atoms with Crippen molar-refractivity contribution < 1.29 is 19.1 Å². The van der Waals surface area contributed by atoms with Crippen LogP contribution in [0.15, 0.2) is 41.5 Å². The maximum absolute atomic E-state index is 12.7. The molecule has 0 aliphatic carbocycles. The second-order valence-electron chi connectivity index (χ2n) is 4.49. The normalized spacial score (nSPS) is 10.6. The number of hydrogen-bond donors (Lipinski definition) is 3. The molecule has 2 amide bonds. The standard InChI is InChI=1S/C15H10Cl2FN3O3/c16-9-5-8(13(22)12(17)6-9)7-19-21-15(24)14(23)20-11-3-1-10(18)2-4-11/h1-7,22H,(H,20,23)(H,21,24). The van der Waals surface area contributed by atoms with Gasteiger partial charge in [-0.1, -0.05) is 23.2 Å². The van der Waals surface area contributed by atoms with Crippen LogP contribution in [0, 0.1) is 5.82 Å². The number of carbonyl (C=O) groups excluding carboxylic acids is 2. The maximum atomic E-state index is 12.7. The highest BCUT2D eigenvalue weighted by Crippen LogP contribution is 2.29. The number of benzene rings is 2. The van der Waals surface area contributed by atoms with E-state index in [0.717, 1.165) is 18.3 Å². The lowest BCUT2D eigenvalue weighted by Gasteiger charge is -2.04. The lowest BCUT2D eigenvalue weighted by molar-refractivity contribution is -0.136. The fourth-order valence-electron chi connectivity index (χ4n) is 1.62. The van der Waals surface area contributed by atoms with Crippen LogP contribution in [0.3, 0.4) is 0 Å². The Kier molecular flexibility index (Phi) is 5.73. The minimum Gasteiger partial charge on any atom is -0.506 e. The van der Waals surface area contributed by atoms with Crippen LogP contribution < -0.4 is 10.7 Å². The van der Waals surface area contributed by atoms with Crippen molar-refractivity contribution in [3.8, 4) is 5.75 Å². The van der Waals surface area contributed by atoms with Gasteiger partial charge in [0.15, 0.2) is 0 Å². The molecule has 0 radical (unpaired) electrons. The van der Waals surface area contributed by atoms with Crippen molar-refractivity contribution in [2.45, 2.75) is 0 Å². The number of phenols is 1. The third-order valence-corrected chi connectivity index (χ3v) is 3.24. The number of carbonyl (C=O) groups is 2. The molecule has 3 N–H and O–H groups in total. The lowest BCUT2D eigenvalue weighted by atomic mass is 10.2. The first-order chi connectivity index (χ1) is 11.4. The zero-order valence-electron chi connectivity index (χ0n) is 11.9. The third-order valence-electron chi connectivity index (χ3n) is 2.74. The third kappa shape index (κ3) is 4.68. The molecule has 0 heterocycles. The average molecular weight is 370 g/mol. The second-order valence-corrected chi connectivity index (χ2v) is 5.33. The molecule has 2 rings (SSSR count). The zero-order chi connectivity index (χ0) is 17.7. The molecule has 6 nitrogen and oxygen atoms in total. The number of amides is 2. The predicted molar refractivity (Wildman–Crippen MR) is 88.9 cm³/mol. The van der Waals surface area contributed by atoms with E-state index in [1.807, 2.05) is 5.43 Å². The molecule has 0 aliphatic heterocycles. The van der Waals surface area contributed by atoms with E-state index in [0.29, 0.717) is 0 Å². The van der Waals surface area contributed by atoms with Crippen molar-refractivity contribution in [2.24, 2.45) is 5.10 Å². The minimum absolute atomic E-state index is 0.0179. The Balaban J connectivity index is 1.97. The predicted octanol–water partition coefficient (Wildman–Crippen LogP) is 2.93. The van der Waals surface area contributed by atoms with Crippen LogP contribution >= 0.6 is 23.2 Å². The number of phenolic OH excluding ortho intramolecular Hbond substituents is 1. The molecular weight excluding hydrogens is 360 g/mol. The van der Waals surface area contributed by atoms with Crippen molar-refractivity contribution in [3.63, 3.8) is 0 Å². The smallest absolute Gasteiger partial charge is 0.329 e. The first-order valence-corrected chi connectivity index (χ1v) is 7.20. The fraction of sp³-hybridized carbons (Fsp3) is 0. The molecule has 0 unspecified atom stereocenters. The molecule has 0 fully saturated rings. The summed E-state index contributed by atoms with van der Waals surface area (Å²) >= 11 is 11.5. The van der Waals surface area contributed by atoms with Gasteiger partial charge in [-0.3, -0.25) is 9.59 Å². The van der Waals surface area contributed by atoms with Gasteiger partial charge < -0.3 is 10.4 Å². The molecule has 0 aliphatic rings. The summed E-state index contributed by atoms with van der Waals surface area (Å²) in [4.78, 5) is 23.2. The number of nitrogens with one attached hydrogen (secondary N) is 2. The zero-order valence-corrected chi connectivity index (χ0v) is 13.4. The average Bonchev–Trinajstić information content (AvgIpc) is 2.53. The van der Waals surface area contributed by atoms with E-state index in [1.54, 1.807) is 0 Å². The molecule has 0 spiro atoms. The summed E-state index contributed by atoms with van der Waals surface area (Å²) in [6, 6.07) is 7.59. The van der Waals surface area contributed by atoms with Crippen LogP contribution in [0.1, 0.15) is 5.56 Å². The van der Waals surface area contributed by atoms with Gasteiger partial charge in [0.2, 0.25) is 0 Å².